The molecule has 0 aliphatic rings. The number of ether oxygens (including phenoxy) is 1. The minimum atomic E-state index is 0.759. The molecule has 5 nitrogen and oxygen atoms in total. The molecule has 0 spiro atoms. The van der Waals surface area contributed by atoms with Gasteiger partial charge in [-0.05, 0) is 37.3 Å². The number of rotatable bonds is 3. The van der Waals surface area contributed by atoms with Crippen molar-refractivity contribution in [2.45, 2.75) is 6.92 Å². The highest BCUT2D eigenvalue weighted by Gasteiger charge is 2.04. The Hall–Kier alpha value is -2.82. The largest absolute Gasteiger partial charge is 0.497 e. The van der Waals surface area contributed by atoms with Crippen LogP contribution in [0.2, 0.25) is 0 Å². The van der Waals surface area contributed by atoms with Crippen LogP contribution in [0.4, 0.5) is 11.5 Å². The van der Waals surface area contributed by atoms with Crippen molar-refractivity contribution in [2.24, 2.45) is 0 Å². The van der Waals surface area contributed by atoms with Crippen molar-refractivity contribution in [3.8, 4) is 5.75 Å². The van der Waals surface area contributed by atoms with Crippen molar-refractivity contribution < 1.29 is 4.74 Å². The zero-order valence-electron chi connectivity index (χ0n) is 12.1. The Morgan fingerprint density at radius 1 is 1.19 bits per heavy atom. The van der Waals surface area contributed by atoms with Crippen molar-refractivity contribution in [3.05, 3.63) is 55.5 Å². The van der Waals surface area contributed by atoms with E-state index in [-0.39, 0.29) is 0 Å². The van der Waals surface area contributed by atoms with Gasteiger partial charge in [-0.25, -0.2) is 9.97 Å². The second kappa shape index (κ2) is 7.09. The van der Waals surface area contributed by atoms with Crippen molar-refractivity contribution in [1.29, 1.82) is 0 Å². The molecule has 0 saturated heterocycles. The molecule has 0 saturated carbocycles. The van der Waals surface area contributed by atoms with E-state index >= 15 is 0 Å². The monoisotopic (exact) mass is 282 g/mol. The fraction of sp³-hybridized carbons (Fsp3) is 0.125. The summed E-state index contributed by atoms with van der Waals surface area (Å²) in [6, 6.07) is 9.59. The highest BCUT2D eigenvalue weighted by molar-refractivity contribution is 5.87. The van der Waals surface area contributed by atoms with Crippen LogP contribution in [0, 0.1) is 0 Å². The van der Waals surface area contributed by atoms with Crippen LogP contribution < -0.4 is 10.1 Å². The molecule has 0 aliphatic carbocycles. The number of aromatic nitrogens is 3. The van der Waals surface area contributed by atoms with E-state index in [4.69, 9.17) is 4.74 Å². The number of nitrogens with one attached hydrogen (secondary N) is 2. The standard InChI is InChI=1S/C13H12N4O.C3H6/c1-18-10-4-2-9(3-5-10)17-13-12-11(6-7-14-12)15-8-16-13;1-3-2/h2-8,14H,1H3,(H,15,16,17);3H,1H2,2H3. The predicted octanol–water partition coefficient (Wildman–Crippen LogP) is 3.90. The lowest BCUT2D eigenvalue weighted by atomic mass is 10.3. The molecule has 0 unspecified atom stereocenters. The predicted molar refractivity (Wildman–Crippen MR) is 86.0 cm³/mol. The zero-order valence-corrected chi connectivity index (χ0v) is 12.1. The molecule has 0 atom stereocenters. The first-order chi connectivity index (χ1) is 10.3. The van der Waals surface area contributed by atoms with Gasteiger partial charge in [-0.1, -0.05) is 6.08 Å². The number of H-pyrrole nitrogens is 1. The minimum absolute atomic E-state index is 0.759. The quantitative estimate of drug-likeness (QED) is 0.715. The van der Waals surface area contributed by atoms with E-state index < -0.39 is 0 Å². The molecule has 0 fully saturated rings. The molecule has 2 N–H and O–H groups in total. The third-order valence-corrected chi connectivity index (χ3v) is 2.70. The highest BCUT2D eigenvalue weighted by Crippen LogP contribution is 2.22. The molecule has 1 aromatic carbocycles. The van der Waals surface area contributed by atoms with Crippen LogP contribution >= 0.6 is 0 Å². The maximum absolute atomic E-state index is 5.12. The Balaban J connectivity index is 0.000000497. The first-order valence-electron chi connectivity index (χ1n) is 6.54. The molecule has 5 heteroatoms. The smallest absolute Gasteiger partial charge is 0.158 e. The Labute approximate surface area is 123 Å². The minimum Gasteiger partial charge on any atom is -0.497 e. The summed E-state index contributed by atoms with van der Waals surface area (Å²) < 4.78 is 5.12. The van der Waals surface area contributed by atoms with Gasteiger partial charge >= 0.3 is 0 Å². The van der Waals surface area contributed by atoms with Gasteiger partial charge < -0.3 is 15.0 Å². The second-order valence-electron chi connectivity index (χ2n) is 4.22. The van der Waals surface area contributed by atoms with E-state index in [1.54, 1.807) is 19.5 Å². The highest BCUT2D eigenvalue weighted by atomic mass is 16.5. The molecule has 3 aromatic rings. The van der Waals surface area contributed by atoms with Crippen molar-refractivity contribution in [2.75, 3.05) is 12.4 Å². The van der Waals surface area contributed by atoms with Crippen molar-refractivity contribution >= 4 is 22.5 Å². The average Bonchev–Trinajstić information content (AvgIpc) is 2.98. The molecule has 21 heavy (non-hydrogen) atoms. The number of benzene rings is 1. The summed E-state index contributed by atoms with van der Waals surface area (Å²) in [5, 5.41) is 3.25. The van der Waals surface area contributed by atoms with Gasteiger partial charge in [-0.15, -0.1) is 6.58 Å². The maximum atomic E-state index is 5.12. The van der Waals surface area contributed by atoms with E-state index in [0.29, 0.717) is 0 Å². The molecule has 3 rings (SSSR count). The van der Waals surface area contributed by atoms with Crippen LogP contribution in [0.25, 0.3) is 11.0 Å². The molecule has 0 amide bonds. The average molecular weight is 282 g/mol. The van der Waals surface area contributed by atoms with Gasteiger partial charge in [0.25, 0.3) is 0 Å². The third-order valence-electron chi connectivity index (χ3n) is 2.70. The molecule has 2 heterocycles. The number of anilines is 2. The number of fused-ring (bicyclic) bond motifs is 1. The van der Waals surface area contributed by atoms with Crippen molar-refractivity contribution in [1.82, 2.24) is 15.0 Å². The molecule has 108 valence electrons. The first kappa shape index (κ1) is 14.6. The Morgan fingerprint density at radius 3 is 2.57 bits per heavy atom. The zero-order chi connectivity index (χ0) is 15.1. The van der Waals surface area contributed by atoms with Crippen molar-refractivity contribution in [3.63, 3.8) is 0 Å². The van der Waals surface area contributed by atoms with Crippen LogP contribution in [-0.4, -0.2) is 22.1 Å². The van der Waals surface area contributed by atoms with E-state index in [0.717, 1.165) is 28.3 Å². The van der Waals surface area contributed by atoms with Gasteiger partial charge in [0.2, 0.25) is 0 Å². The van der Waals surface area contributed by atoms with Crippen LogP contribution in [0.3, 0.4) is 0 Å². The lowest BCUT2D eigenvalue weighted by Crippen LogP contribution is -1.95. The Kier molecular flexibility index (Phi) is 4.93. The van der Waals surface area contributed by atoms with Crippen LogP contribution in [0.1, 0.15) is 6.92 Å². The van der Waals surface area contributed by atoms with E-state index in [2.05, 4.69) is 26.8 Å². The maximum Gasteiger partial charge on any atom is 0.158 e. The van der Waals surface area contributed by atoms with E-state index in [1.807, 2.05) is 43.5 Å². The number of methoxy groups -OCH3 is 1. The van der Waals surface area contributed by atoms with Crippen LogP contribution in [0.5, 0.6) is 5.75 Å². The summed E-state index contributed by atoms with van der Waals surface area (Å²) >= 11 is 0. The normalized spacial score (nSPS) is 9.62. The first-order valence-corrected chi connectivity index (χ1v) is 6.54. The lowest BCUT2D eigenvalue weighted by Gasteiger charge is -2.07. The molecular formula is C16H18N4O. The third kappa shape index (κ3) is 3.60. The number of aromatic amines is 1. The summed E-state index contributed by atoms with van der Waals surface area (Å²) in [7, 11) is 1.65. The van der Waals surface area contributed by atoms with Crippen LogP contribution in [-0.2, 0) is 0 Å². The number of allylic oxidation sites excluding steroid dienone is 1. The summed E-state index contributed by atoms with van der Waals surface area (Å²) in [6.45, 7) is 5.25. The SMILES string of the molecule is C=CC.COc1ccc(Nc2ncnc3cc[nH]c23)cc1. The van der Waals surface area contributed by atoms with Gasteiger partial charge in [0, 0.05) is 11.9 Å². The summed E-state index contributed by atoms with van der Waals surface area (Å²) in [5.74, 6) is 1.59. The van der Waals surface area contributed by atoms with Crippen LogP contribution in [0.15, 0.2) is 55.5 Å². The number of nitrogens with zero attached hydrogens (tertiary/aromatic N) is 2. The molecular weight excluding hydrogens is 264 g/mol. The molecule has 0 bridgehead atoms. The molecule has 0 radical (unpaired) electrons. The van der Waals surface area contributed by atoms with Gasteiger partial charge in [-0.3, -0.25) is 0 Å². The van der Waals surface area contributed by atoms with Gasteiger partial charge in [-0.2, -0.15) is 0 Å². The van der Waals surface area contributed by atoms with E-state index in [9.17, 15) is 0 Å². The van der Waals surface area contributed by atoms with Gasteiger partial charge in [0.05, 0.1) is 12.6 Å². The van der Waals surface area contributed by atoms with Gasteiger partial charge in [0.1, 0.15) is 17.6 Å². The summed E-state index contributed by atoms with van der Waals surface area (Å²) in [4.78, 5) is 11.5. The fourth-order valence-electron chi connectivity index (χ4n) is 1.78. The number of hydrogen-bond acceptors (Lipinski definition) is 4. The molecule has 2 aromatic heterocycles. The fourth-order valence-corrected chi connectivity index (χ4v) is 1.78. The Bertz CT molecular complexity index is 704. The van der Waals surface area contributed by atoms with E-state index in [1.165, 1.54) is 0 Å². The summed E-state index contributed by atoms with van der Waals surface area (Å²) in [6.07, 6.45) is 5.14. The topological polar surface area (TPSA) is 62.8 Å². The number of hydrogen-bond donors (Lipinski definition) is 2. The van der Waals surface area contributed by atoms with Gasteiger partial charge in [0.15, 0.2) is 5.82 Å². The molecule has 0 aliphatic heterocycles. The summed E-state index contributed by atoms with van der Waals surface area (Å²) in [5.41, 5.74) is 2.74. The lowest BCUT2D eigenvalue weighted by molar-refractivity contribution is 0.415. The Morgan fingerprint density at radius 2 is 1.90 bits per heavy atom. The second-order valence-corrected chi connectivity index (χ2v) is 4.22.